The van der Waals surface area contributed by atoms with Crippen LogP contribution in [0.15, 0.2) is 4.99 Å². The van der Waals surface area contributed by atoms with Crippen molar-refractivity contribution in [3.05, 3.63) is 0 Å². The van der Waals surface area contributed by atoms with Crippen LogP contribution >= 0.6 is 24.0 Å². The third-order valence-corrected chi connectivity index (χ3v) is 3.67. The van der Waals surface area contributed by atoms with Crippen LogP contribution in [0.3, 0.4) is 0 Å². The molecule has 0 aromatic heterocycles. The molecule has 1 atom stereocenters. The summed E-state index contributed by atoms with van der Waals surface area (Å²) >= 11 is 0. The first-order valence-electron chi connectivity index (χ1n) is 7.99. The van der Waals surface area contributed by atoms with Gasteiger partial charge in [0.1, 0.15) is 0 Å². The lowest BCUT2D eigenvalue weighted by Crippen LogP contribution is -2.47. The van der Waals surface area contributed by atoms with Gasteiger partial charge < -0.3 is 20.9 Å². The number of carbonyl (C=O) groups excluding carboxylic acids is 1. The second kappa shape index (κ2) is 11.9. The highest BCUT2D eigenvalue weighted by molar-refractivity contribution is 14.0. The first-order valence-corrected chi connectivity index (χ1v) is 7.99. The number of piperidine rings is 1. The molecule has 1 fully saturated rings. The molecule has 3 N–H and O–H groups in total. The number of hydrogen-bond acceptors (Lipinski definition) is 3. The largest absolute Gasteiger partial charge is 0.370 e. The van der Waals surface area contributed by atoms with Gasteiger partial charge >= 0.3 is 0 Å². The first-order chi connectivity index (χ1) is 10.0. The lowest BCUT2D eigenvalue weighted by atomic mass is 9.95. The lowest BCUT2D eigenvalue weighted by Gasteiger charge is -2.34. The minimum absolute atomic E-state index is 0. The molecule has 1 rings (SSSR count). The van der Waals surface area contributed by atoms with Gasteiger partial charge in [0.15, 0.2) is 5.96 Å². The summed E-state index contributed by atoms with van der Waals surface area (Å²) in [6.45, 7) is 6.71. The van der Waals surface area contributed by atoms with E-state index in [2.05, 4.69) is 36.1 Å². The zero-order valence-corrected chi connectivity index (χ0v) is 16.5. The number of aliphatic imine (C=N–C) groups is 1. The van der Waals surface area contributed by atoms with Gasteiger partial charge in [-0.2, -0.15) is 0 Å². The van der Waals surface area contributed by atoms with E-state index in [4.69, 9.17) is 10.7 Å². The summed E-state index contributed by atoms with van der Waals surface area (Å²) in [4.78, 5) is 20.3. The fourth-order valence-corrected chi connectivity index (χ4v) is 2.71. The zero-order chi connectivity index (χ0) is 15.7. The van der Waals surface area contributed by atoms with Crippen LogP contribution in [0.1, 0.15) is 32.6 Å². The maximum Gasteiger partial charge on any atom is 0.217 e. The Labute approximate surface area is 151 Å². The number of nitrogens with one attached hydrogen (secondary N) is 1. The van der Waals surface area contributed by atoms with E-state index < -0.39 is 0 Å². The Morgan fingerprint density at radius 1 is 1.45 bits per heavy atom. The van der Waals surface area contributed by atoms with Crippen LogP contribution in [0.2, 0.25) is 0 Å². The highest BCUT2D eigenvalue weighted by atomic mass is 127. The molecule has 0 aromatic carbocycles. The van der Waals surface area contributed by atoms with Gasteiger partial charge in [0.25, 0.3) is 0 Å². The topological polar surface area (TPSA) is 74.0 Å². The van der Waals surface area contributed by atoms with Gasteiger partial charge in [-0.3, -0.25) is 9.79 Å². The molecule has 1 saturated heterocycles. The molecule has 130 valence electrons. The molecule has 6 nitrogen and oxygen atoms in total. The number of halogens is 1. The molecule has 1 heterocycles. The molecule has 0 saturated carbocycles. The van der Waals surface area contributed by atoms with Crippen molar-refractivity contribution in [3.63, 3.8) is 0 Å². The van der Waals surface area contributed by atoms with Crippen molar-refractivity contribution in [3.8, 4) is 0 Å². The lowest BCUT2D eigenvalue weighted by molar-refractivity contribution is -0.119. The Morgan fingerprint density at radius 3 is 2.77 bits per heavy atom. The smallest absolute Gasteiger partial charge is 0.217 e. The van der Waals surface area contributed by atoms with Gasteiger partial charge in [-0.05, 0) is 52.7 Å². The molecular weight excluding hydrogens is 393 g/mol. The number of carbonyl (C=O) groups is 1. The third kappa shape index (κ3) is 8.77. The van der Waals surface area contributed by atoms with Crippen LogP contribution in [-0.4, -0.2) is 68.5 Å². The van der Waals surface area contributed by atoms with Crippen molar-refractivity contribution >= 4 is 35.8 Å². The molecule has 0 bridgehead atoms. The maximum absolute atomic E-state index is 11.1. The summed E-state index contributed by atoms with van der Waals surface area (Å²) in [5, 5.41) is 3.36. The van der Waals surface area contributed by atoms with E-state index >= 15 is 0 Å². The van der Waals surface area contributed by atoms with Crippen LogP contribution in [0.25, 0.3) is 0 Å². The highest BCUT2D eigenvalue weighted by Crippen LogP contribution is 2.19. The molecule has 1 aliphatic heterocycles. The van der Waals surface area contributed by atoms with Crippen molar-refractivity contribution in [2.75, 3.05) is 46.8 Å². The molecule has 0 aliphatic carbocycles. The van der Waals surface area contributed by atoms with Gasteiger partial charge in [0.05, 0.1) is 0 Å². The standard InChI is InChI=1S/C15H31N5O.HI/c1-4-17-15(18-8-6-9-19(2)3)20-10-5-7-13(12-20)11-14(16)21;/h13H,4-12H2,1-3H3,(H2,16,21)(H,17,18);1H. The fourth-order valence-electron chi connectivity index (χ4n) is 2.71. The van der Waals surface area contributed by atoms with Crippen molar-refractivity contribution in [2.24, 2.45) is 16.6 Å². The summed E-state index contributed by atoms with van der Waals surface area (Å²) in [5.41, 5.74) is 5.32. The number of hydrogen-bond donors (Lipinski definition) is 2. The maximum atomic E-state index is 11.1. The van der Waals surface area contributed by atoms with Crippen molar-refractivity contribution in [2.45, 2.75) is 32.6 Å². The Morgan fingerprint density at radius 2 is 2.18 bits per heavy atom. The van der Waals surface area contributed by atoms with E-state index in [0.29, 0.717) is 12.3 Å². The number of nitrogens with zero attached hydrogens (tertiary/aromatic N) is 3. The van der Waals surface area contributed by atoms with E-state index in [1.54, 1.807) is 0 Å². The average molecular weight is 425 g/mol. The van der Waals surface area contributed by atoms with E-state index in [-0.39, 0.29) is 29.9 Å². The number of rotatable bonds is 7. The van der Waals surface area contributed by atoms with Crippen LogP contribution in [-0.2, 0) is 4.79 Å². The second-order valence-corrected chi connectivity index (χ2v) is 6.02. The number of amides is 1. The fraction of sp³-hybridized carbons (Fsp3) is 0.867. The predicted octanol–water partition coefficient (Wildman–Crippen LogP) is 1.11. The number of guanidine groups is 1. The molecule has 0 aromatic rings. The van der Waals surface area contributed by atoms with Crippen molar-refractivity contribution in [1.82, 2.24) is 15.1 Å². The summed E-state index contributed by atoms with van der Waals surface area (Å²) in [6, 6.07) is 0. The van der Waals surface area contributed by atoms with Crippen LogP contribution in [0.4, 0.5) is 0 Å². The zero-order valence-electron chi connectivity index (χ0n) is 14.2. The van der Waals surface area contributed by atoms with Gasteiger partial charge in [0.2, 0.25) is 5.91 Å². The number of likely N-dealkylation sites (tertiary alicyclic amines) is 1. The third-order valence-electron chi connectivity index (χ3n) is 3.67. The monoisotopic (exact) mass is 425 g/mol. The normalized spacial score (nSPS) is 19.0. The molecule has 1 aliphatic rings. The summed E-state index contributed by atoms with van der Waals surface area (Å²) in [7, 11) is 4.15. The van der Waals surface area contributed by atoms with E-state index in [0.717, 1.165) is 57.9 Å². The second-order valence-electron chi connectivity index (χ2n) is 6.02. The molecule has 0 radical (unpaired) electrons. The molecule has 1 unspecified atom stereocenters. The van der Waals surface area contributed by atoms with E-state index in [1.165, 1.54) is 0 Å². The predicted molar refractivity (Wildman–Crippen MR) is 103 cm³/mol. The highest BCUT2D eigenvalue weighted by Gasteiger charge is 2.23. The summed E-state index contributed by atoms with van der Waals surface area (Å²) in [6.07, 6.45) is 3.72. The van der Waals surface area contributed by atoms with Gasteiger partial charge in [-0.25, -0.2) is 0 Å². The minimum atomic E-state index is -0.199. The molecule has 7 heteroatoms. The molecule has 0 spiro atoms. The Balaban J connectivity index is 0.00000441. The summed E-state index contributed by atoms with van der Waals surface area (Å²) in [5.74, 6) is 1.14. The Bertz CT molecular complexity index is 349. The van der Waals surface area contributed by atoms with Crippen molar-refractivity contribution in [1.29, 1.82) is 0 Å². The van der Waals surface area contributed by atoms with Gasteiger partial charge in [0, 0.05) is 32.6 Å². The van der Waals surface area contributed by atoms with Gasteiger partial charge in [-0.15, -0.1) is 24.0 Å². The summed E-state index contributed by atoms with van der Waals surface area (Å²) < 4.78 is 0. The molecular formula is C15H32IN5O. The Hall–Kier alpha value is -0.570. The first kappa shape index (κ1) is 21.4. The van der Waals surface area contributed by atoms with E-state index in [9.17, 15) is 4.79 Å². The average Bonchev–Trinajstić information content (AvgIpc) is 2.41. The number of primary amides is 1. The van der Waals surface area contributed by atoms with Crippen LogP contribution in [0, 0.1) is 5.92 Å². The van der Waals surface area contributed by atoms with E-state index in [1.807, 2.05) is 0 Å². The van der Waals surface area contributed by atoms with Gasteiger partial charge in [-0.1, -0.05) is 0 Å². The Kier molecular flexibility index (Phi) is 11.6. The van der Waals surface area contributed by atoms with Crippen LogP contribution in [0.5, 0.6) is 0 Å². The molecule has 1 amide bonds. The SMILES string of the molecule is CCNC(=NCCCN(C)C)N1CCCC(CC(N)=O)C1.I. The molecule has 22 heavy (non-hydrogen) atoms. The minimum Gasteiger partial charge on any atom is -0.370 e. The van der Waals surface area contributed by atoms with Crippen molar-refractivity contribution < 1.29 is 4.79 Å². The quantitative estimate of drug-likeness (QED) is 0.278. The number of nitrogens with two attached hydrogens (primary N) is 1. The van der Waals surface area contributed by atoms with Crippen LogP contribution < -0.4 is 11.1 Å².